The molecule has 0 fully saturated rings. The van der Waals surface area contributed by atoms with Crippen molar-refractivity contribution in [2.75, 3.05) is 27.7 Å². The second-order valence-corrected chi connectivity index (χ2v) is 5.62. The van der Waals surface area contributed by atoms with E-state index in [2.05, 4.69) is 65.8 Å². The first kappa shape index (κ1) is 21.2. The third kappa shape index (κ3) is 9.25. The summed E-state index contributed by atoms with van der Waals surface area (Å²) in [4.78, 5) is 6.44. The molecule has 0 radical (unpaired) electrons. The zero-order valence-electron chi connectivity index (χ0n) is 14.4. The van der Waals surface area contributed by atoms with Gasteiger partial charge in [0.05, 0.1) is 0 Å². The summed E-state index contributed by atoms with van der Waals surface area (Å²) in [5.74, 6) is 0.879. The van der Waals surface area contributed by atoms with E-state index in [0.717, 1.165) is 25.6 Å². The quantitative estimate of drug-likeness (QED) is 0.295. The third-order valence-corrected chi connectivity index (χ3v) is 3.25. The minimum Gasteiger partial charge on any atom is -0.356 e. The van der Waals surface area contributed by atoms with E-state index in [0.29, 0.717) is 0 Å². The van der Waals surface area contributed by atoms with Gasteiger partial charge in [0.2, 0.25) is 0 Å². The SMILES string of the molecule is CCCCCNC(=NC)NCc1cccc(CN(C)C)c1.I. The van der Waals surface area contributed by atoms with Gasteiger partial charge in [-0.1, -0.05) is 44.0 Å². The van der Waals surface area contributed by atoms with Crippen LogP contribution in [0.3, 0.4) is 0 Å². The molecule has 22 heavy (non-hydrogen) atoms. The largest absolute Gasteiger partial charge is 0.356 e. The highest BCUT2D eigenvalue weighted by Crippen LogP contribution is 2.06. The normalized spacial score (nSPS) is 11.2. The maximum Gasteiger partial charge on any atom is 0.191 e. The van der Waals surface area contributed by atoms with Crippen LogP contribution in [0.4, 0.5) is 0 Å². The summed E-state index contributed by atoms with van der Waals surface area (Å²) in [6, 6.07) is 8.68. The molecule has 0 bridgehead atoms. The van der Waals surface area contributed by atoms with Crippen molar-refractivity contribution >= 4 is 29.9 Å². The highest BCUT2D eigenvalue weighted by molar-refractivity contribution is 14.0. The number of benzene rings is 1. The molecule has 0 saturated heterocycles. The van der Waals surface area contributed by atoms with Gasteiger partial charge in [0, 0.05) is 26.7 Å². The van der Waals surface area contributed by atoms with Crippen molar-refractivity contribution in [2.45, 2.75) is 39.3 Å². The van der Waals surface area contributed by atoms with E-state index in [4.69, 9.17) is 0 Å². The number of rotatable bonds is 8. The first-order valence-electron chi connectivity index (χ1n) is 7.82. The number of guanidine groups is 1. The number of hydrogen-bond donors (Lipinski definition) is 2. The highest BCUT2D eigenvalue weighted by Gasteiger charge is 2.00. The van der Waals surface area contributed by atoms with Crippen LogP contribution in [0.5, 0.6) is 0 Å². The molecule has 0 heterocycles. The summed E-state index contributed by atoms with van der Waals surface area (Å²) < 4.78 is 0. The van der Waals surface area contributed by atoms with Crippen LogP contribution in [0.25, 0.3) is 0 Å². The third-order valence-electron chi connectivity index (χ3n) is 3.25. The predicted molar refractivity (Wildman–Crippen MR) is 107 cm³/mol. The van der Waals surface area contributed by atoms with E-state index in [-0.39, 0.29) is 24.0 Å². The monoisotopic (exact) mass is 418 g/mol. The van der Waals surface area contributed by atoms with E-state index < -0.39 is 0 Å². The zero-order valence-corrected chi connectivity index (χ0v) is 16.7. The number of nitrogens with one attached hydrogen (secondary N) is 2. The Morgan fingerprint density at radius 1 is 1.14 bits per heavy atom. The van der Waals surface area contributed by atoms with E-state index in [1.165, 1.54) is 30.4 Å². The first-order chi connectivity index (χ1) is 10.2. The molecule has 4 nitrogen and oxygen atoms in total. The van der Waals surface area contributed by atoms with Crippen LogP contribution in [-0.2, 0) is 13.1 Å². The lowest BCUT2D eigenvalue weighted by atomic mass is 10.1. The van der Waals surface area contributed by atoms with Crippen molar-refractivity contribution in [3.05, 3.63) is 35.4 Å². The molecular weight excluding hydrogens is 387 g/mol. The minimum atomic E-state index is 0. The van der Waals surface area contributed by atoms with Crippen molar-refractivity contribution in [1.82, 2.24) is 15.5 Å². The Kier molecular flexibility index (Phi) is 12.2. The van der Waals surface area contributed by atoms with Crippen LogP contribution in [-0.4, -0.2) is 38.5 Å². The Hall–Kier alpha value is -0.820. The molecule has 0 saturated carbocycles. The predicted octanol–water partition coefficient (Wildman–Crippen LogP) is 3.22. The second kappa shape index (κ2) is 12.7. The molecule has 1 rings (SSSR count). The van der Waals surface area contributed by atoms with Crippen molar-refractivity contribution in [3.8, 4) is 0 Å². The van der Waals surface area contributed by atoms with Crippen LogP contribution < -0.4 is 10.6 Å². The average molecular weight is 418 g/mol. The van der Waals surface area contributed by atoms with Gasteiger partial charge in [0.25, 0.3) is 0 Å². The molecule has 0 unspecified atom stereocenters. The van der Waals surface area contributed by atoms with Crippen LogP contribution in [0.2, 0.25) is 0 Å². The van der Waals surface area contributed by atoms with Gasteiger partial charge in [0.1, 0.15) is 0 Å². The van der Waals surface area contributed by atoms with Crippen molar-refractivity contribution in [3.63, 3.8) is 0 Å². The topological polar surface area (TPSA) is 39.7 Å². The molecule has 1 aromatic rings. The van der Waals surface area contributed by atoms with E-state index in [1.807, 2.05) is 7.05 Å². The van der Waals surface area contributed by atoms with Gasteiger partial charge in [-0.05, 0) is 31.6 Å². The van der Waals surface area contributed by atoms with Gasteiger partial charge < -0.3 is 15.5 Å². The molecule has 0 aliphatic carbocycles. The van der Waals surface area contributed by atoms with Crippen LogP contribution in [0, 0.1) is 0 Å². The molecule has 2 N–H and O–H groups in total. The fourth-order valence-electron chi connectivity index (χ4n) is 2.19. The first-order valence-corrected chi connectivity index (χ1v) is 7.82. The smallest absolute Gasteiger partial charge is 0.191 e. The molecule has 0 aromatic heterocycles. The minimum absolute atomic E-state index is 0. The molecule has 0 atom stereocenters. The van der Waals surface area contributed by atoms with Crippen LogP contribution in [0.15, 0.2) is 29.3 Å². The number of aliphatic imine (C=N–C) groups is 1. The Morgan fingerprint density at radius 2 is 1.86 bits per heavy atom. The van der Waals surface area contributed by atoms with Crippen molar-refractivity contribution in [2.24, 2.45) is 4.99 Å². The van der Waals surface area contributed by atoms with Crippen LogP contribution >= 0.6 is 24.0 Å². The Labute approximate surface area is 152 Å². The van der Waals surface area contributed by atoms with Gasteiger partial charge in [0.15, 0.2) is 5.96 Å². The van der Waals surface area contributed by atoms with Gasteiger partial charge in [-0.3, -0.25) is 4.99 Å². The fourth-order valence-corrected chi connectivity index (χ4v) is 2.19. The maximum atomic E-state index is 4.26. The van der Waals surface area contributed by atoms with Gasteiger partial charge in [-0.15, -0.1) is 24.0 Å². The van der Waals surface area contributed by atoms with Gasteiger partial charge >= 0.3 is 0 Å². The molecular formula is C17H31IN4. The summed E-state index contributed by atoms with van der Waals surface area (Å²) in [7, 11) is 6.00. The van der Waals surface area contributed by atoms with E-state index in [9.17, 15) is 0 Å². The summed E-state index contributed by atoms with van der Waals surface area (Å²) >= 11 is 0. The lowest BCUT2D eigenvalue weighted by Crippen LogP contribution is -2.37. The Balaban J connectivity index is 0.00000441. The second-order valence-electron chi connectivity index (χ2n) is 5.62. The summed E-state index contributed by atoms with van der Waals surface area (Å²) in [5.41, 5.74) is 2.62. The summed E-state index contributed by atoms with van der Waals surface area (Å²) in [6.45, 7) is 4.97. The number of unbranched alkanes of at least 4 members (excludes halogenated alkanes) is 2. The average Bonchev–Trinajstić information content (AvgIpc) is 2.46. The number of hydrogen-bond acceptors (Lipinski definition) is 2. The molecule has 1 aromatic carbocycles. The molecule has 126 valence electrons. The van der Waals surface area contributed by atoms with Gasteiger partial charge in [-0.25, -0.2) is 0 Å². The van der Waals surface area contributed by atoms with Crippen molar-refractivity contribution < 1.29 is 0 Å². The number of nitrogens with zero attached hydrogens (tertiary/aromatic N) is 2. The molecule has 0 spiro atoms. The summed E-state index contributed by atoms with van der Waals surface area (Å²) in [6.07, 6.45) is 3.69. The molecule has 0 aliphatic rings. The molecule has 5 heteroatoms. The lowest BCUT2D eigenvalue weighted by Gasteiger charge is -2.13. The summed E-state index contributed by atoms with van der Waals surface area (Å²) in [5, 5.41) is 6.72. The Morgan fingerprint density at radius 3 is 2.50 bits per heavy atom. The zero-order chi connectivity index (χ0) is 15.5. The molecule has 0 amide bonds. The standard InChI is InChI=1S/C17H30N4.HI/c1-5-6-7-11-19-17(18-2)20-13-15-9-8-10-16(12-15)14-21(3)4;/h8-10,12H,5-7,11,13-14H2,1-4H3,(H2,18,19,20);1H. The number of halogens is 1. The van der Waals surface area contributed by atoms with Crippen LogP contribution in [0.1, 0.15) is 37.3 Å². The fraction of sp³-hybridized carbons (Fsp3) is 0.588. The highest BCUT2D eigenvalue weighted by atomic mass is 127. The Bertz CT molecular complexity index is 432. The van der Waals surface area contributed by atoms with Gasteiger partial charge in [-0.2, -0.15) is 0 Å². The van der Waals surface area contributed by atoms with E-state index >= 15 is 0 Å². The van der Waals surface area contributed by atoms with Crippen molar-refractivity contribution in [1.29, 1.82) is 0 Å². The van der Waals surface area contributed by atoms with E-state index in [1.54, 1.807) is 0 Å². The maximum absolute atomic E-state index is 4.26. The molecule has 0 aliphatic heterocycles. The lowest BCUT2D eigenvalue weighted by molar-refractivity contribution is 0.402.